The summed E-state index contributed by atoms with van der Waals surface area (Å²) < 4.78 is 18.7. The Morgan fingerprint density at radius 1 is 1.12 bits per heavy atom. The zero-order valence-corrected chi connectivity index (χ0v) is 11.1. The summed E-state index contributed by atoms with van der Waals surface area (Å²) in [6.45, 7) is 0. The Balaban J connectivity index is 2.28. The van der Waals surface area contributed by atoms with Gasteiger partial charge in [0.1, 0.15) is 17.3 Å². The minimum Gasteiger partial charge on any atom is -0.457 e. The largest absolute Gasteiger partial charge is 0.457 e. The summed E-state index contributed by atoms with van der Waals surface area (Å²) in [5, 5.41) is 1.24. The molecular weight excluding hydrogens is 306 g/mol. The molecule has 0 saturated heterocycles. The Morgan fingerprint density at radius 2 is 1.82 bits per heavy atom. The molecule has 4 heteroatoms. The van der Waals surface area contributed by atoms with Gasteiger partial charge >= 0.3 is 0 Å². The third-order valence-electron chi connectivity index (χ3n) is 2.21. The van der Waals surface area contributed by atoms with Crippen LogP contribution < -0.4 is 4.74 Å². The van der Waals surface area contributed by atoms with E-state index in [1.165, 1.54) is 12.1 Å². The van der Waals surface area contributed by atoms with Gasteiger partial charge in [-0.15, -0.1) is 0 Å². The van der Waals surface area contributed by atoms with Gasteiger partial charge in [0, 0.05) is 22.0 Å². The third kappa shape index (κ3) is 3.20. The molecule has 0 radical (unpaired) electrons. The van der Waals surface area contributed by atoms with Gasteiger partial charge in [0.05, 0.1) is 0 Å². The van der Waals surface area contributed by atoms with Gasteiger partial charge in [-0.1, -0.05) is 33.6 Å². The first-order valence-corrected chi connectivity index (χ1v) is 6.47. The summed E-state index contributed by atoms with van der Waals surface area (Å²) in [6.07, 6.45) is 0. The highest BCUT2D eigenvalue weighted by Gasteiger charge is 2.05. The highest BCUT2D eigenvalue weighted by molar-refractivity contribution is 9.08. The number of alkyl halides is 1. The summed E-state index contributed by atoms with van der Waals surface area (Å²) in [6, 6.07) is 11.4. The van der Waals surface area contributed by atoms with Crippen LogP contribution in [0.15, 0.2) is 42.5 Å². The van der Waals surface area contributed by atoms with E-state index < -0.39 is 0 Å². The predicted octanol–water partition coefficient (Wildman–Crippen LogP) is 5.17. The third-order valence-corrected chi connectivity index (χ3v) is 3.07. The van der Waals surface area contributed by atoms with Crippen molar-refractivity contribution in [2.24, 2.45) is 0 Å². The molecule has 2 aromatic rings. The van der Waals surface area contributed by atoms with Crippen LogP contribution in [0.5, 0.6) is 11.5 Å². The Hall–Kier alpha value is -1.06. The van der Waals surface area contributed by atoms with Gasteiger partial charge in [-0.3, -0.25) is 0 Å². The molecule has 0 spiro atoms. The van der Waals surface area contributed by atoms with Crippen molar-refractivity contribution in [3.8, 4) is 11.5 Å². The van der Waals surface area contributed by atoms with Crippen molar-refractivity contribution in [2.45, 2.75) is 5.33 Å². The summed E-state index contributed by atoms with van der Waals surface area (Å²) in [7, 11) is 0. The van der Waals surface area contributed by atoms with Gasteiger partial charge in [0.2, 0.25) is 0 Å². The number of hydrogen-bond donors (Lipinski definition) is 0. The van der Waals surface area contributed by atoms with Crippen molar-refractivity contribution in [3.05, 3.63) is 58.9 Å². The summed E-state index contributed by atoms with van der Waals surface area (Å²) in [5.41, 5.74) is 0.890. The van der Waals surface area contributed by atoms with E-state index in [1.54, 1.807) is 30.3 Å². The fraction of sp³-hybridized carbons (Fsp3) is 0.0769. The average Bonchev–Trinajstić information content (AvgIpc) is 2.32. The summed E-state index contributed by atoms with van der Waals surface area (Å²) in [5.74, 6) is 0.810. The molecule has 0 bridgehead atoms. The number of hydrogen-bond acceptors (Lipinski definition) is 1. The van der Waals surface area contributed by atoms with Crippen molar-refractivity contribution < 1.29 is 9.13 Å². The summed E-state index contributed by atoms with van der Waals surface area (Å²) >= 11 is 9.11. The molecule has 2 aromatic carbocycles. The highest BCUT2D eigenvalue weighted by Crippen LogP contribution is 2.28. The second kappa shape index (κ2) is 5.52. The molecule has 0 aromatic heterocycles. The van der Waals surface area contributed by atoms with Crippen LogP contribution in [-0.4, -0.2) is 0 Å². The number of halogens is 3. The first-order chi connectivity index (χ1) is 8.19. The second-order valence-corrected chi connectivity index (χ2v) is 4.44. The van der Waals surface area contributed by atoms with E-state index in [2.05, 4.69) is 15.9 Å². The first-order valence-electron chi connectivity index (χ1n) is 4.97. The molecule has 17 heavy (non-hydrogen) atoms. The molecule has 0 N–H and O–H groups in total. The molecule has 0 saturated carbocycles. The molecule has 88 valence electrons. The van der Waals surface area contributed by atoms with Crippen LogP contribution in [-0.2, 0) is 5.33 Å². The normalized spacial score (nSPS) is 10.3. The molecule has 0 atom stereocenters. The van der Waals surface area contributed by atoms with E-state index in [0.29, 0.717) is 21.9 Å². The van der Waals surface area contributed by atoms with Gasteiger partial charge in [0.25, 0.3) is 0 Å². The Labute approximate surface area is 112 Å². The molecule has 2 rings (SSSR count). The zero-order chi connectivity index (χ0) is 12.3. The molecule has 0 fully saturated rings. The molecule has 0 unspecified atom stereocenters. The van der Waals surface area contributed by atoms with Crippen LogP contribution in [0.25, 0.3) is 0 Å². The monoisotopic (exact) mass is 314 g/mol. The Morgan fingerprint density at radius 3 is 2.47 bits per heavy atom. The van der Waals surface area contributed by atoms with Gasteiger partial charge in [0.15, 0.2) is 0 Å². The van der Waals surface area contributed by atoms with E-state index >= 15 is 0 Å². The standard InChI is InChI=1S/C13H9BrClFO/c14-8-9-1-4-11(16)7-13(9)17-12-5-2-10(15)3-6-12/h1-7H,8H2. The second-order valence-electron chi connectivity index (χ2n) is 3.44. The lowest BCUT2D eigenvalue weighted by molar-refractivity contribution is 0.472. The Bertz CT molecular complexity index is 513. The quantitative estimate of drug-likeness (QED) is 0.710. The molecule has 0 heterocycles. The maximum atomic E-state index is 13.1. The first kappa shape index (κ1) is 12.4. The topological polar surface area (TPSA) is 9.23 Å². The van der Waals surface area contributed by atoms with Gasteiger partial charge in [-0.2, -0.15) is 0 Å². The molecule has 0 aliphatic rings. The van der Waals surface area contributed by atoms with E-state index in [-0.39, 0.29) is 5.82 Å². The molecule has 0 aliphatic carbocycles. The fourth-order valence-electron chi connectivity index (χ4n) is 1.36. The molecule has 0 amide bonds. The van der Waals surface area contributed by atoms with Crippen molar-refractivity contribution >= 4 is 27.5 Å². The molecule has 1 nitrogen and oxygen atoms in total. The Kier molecular flexibility index (Phi) is 4.02. The van der Waals surface area contributed by atoms with E-state index in [4.69, 9.17) is 16.3 Å². The SMILES string of the molecule is Fc1ccc(CBr)c(Oc2ccc(Cl)cc2)c1. The maximum absolute atomic E-state index is 13.1. The lowest BCUT2D eigenvalue weighted by atomic mass is 10.2. The van der Waals surface area contributed by atoms with Crippen LogP contribution in [0.1, 0.15) is 5.56 Å². The highest BCUT2D eigenvalue weighted by atomic mass is 79.9. The fourth-order valence-corrected chi connectivity index (χ4v) is 1.95. The van der Waals surface area contributed by atoms with Crippen LogP contribution in [0, 0.1) is 5.82 Å². The van der Waals surface area contributed by atoms with Crippen LogP contribution in [0.3, 0.4) is 0 Å². The maximum Gasteiger partial charge on any atom is 0.134 e. The van der Waals surface area contributed by atoms with Crippen molar-refractivity contribution in [3.63, 3.8) is 0 Å². The average molecular weight is 316 g/mol. The summed E-state index contributed by atoms with van der Waals surface area (Å²) in [4.78, 5) is 0. The van der Waals surface area contributed by atoms with Crippen molar-refractivity contribution in [2.75, 3.05) is 0 Å². The van der Waals surface area contributed by atoms with E-state index in [9.17, 15) is 4.39 Å². The van der Waals surface area contributed by atoms with E-state index in [0.717, 1.165) is 5.56 Å². The van der Waals surface area contributed by atoms with Gasteiger partial charge < -0.3 is 4.74 Å². The number of benzene rings is 2. The van der Waals surface area contributed by atoms with Crippen molar-refractivity contribution in [1.29, 1.82) is 0 Å². The number of rotatable bonds is 3. The predicted molar refractivity (Wildman–Crippen MR) is 70.6 cm³/mol. The van der Waals surface area contributed by atoms with E-state index in [1.807, 2.05) is 0 Å². The van der Waals surface area contributed by atoms with Gasteiger partial charge in [-0.05, 0) is 30.3 Å². The van der Waals surface area contributed by atoms with Crippen LogP contribution in [0.4, 0.5) is 4.39 Å². The number of ether oxygens (including phenoxy) is 1. The zero-order valence-electron chi connectivity index (χ0n) is 8.79. The minimum atomic E-state index is -0.321. The van der Waals surface area contributed by atoms with Crippen LogP contribution in [0.2, 0.25) is 5.02 Å². The van der Waals surface area contributed by atoms with Crippen molar-refractivity contribution in [1.82, 2.24) is 0 Å². The van der Waals surface area contributed by atoms with Crippen LogP contribution >= 0.6 is 27.5 Å². The van der Waals surface area contributed by atoms with Gasteiger partial charge in [-0.25, -0.2) is 4.39 Å². The smallest absolute Gasteiger partial charge is 0.134 e. The minimum absolute atomic E-state index is 0.321. The molecular formula is C13H9BrClFO. The lowest BCUT2D eigenvalue weighted by Gasteiger charge is -2.09. The molecule has 0 aliphatic heterocycles. The lowest BCUT2D eigenvalue weighted by Crippen LogP contribution is -1.90.